The highest BCUT2D eigenvalue weighted by Gasteiger charge is 2.32. The summed E-state index contributed by atoms with van der Waals surface area (Å²) in [7, 11) is 0. The van der Waals surface area contributed by atoms with Crippen LogP contribution in [0.15, 0.2) is 30.3 Å². The summed E-state index contributed by atoms with van der Waals surface area (Å²) in [5.41, 5.74) is 6.23. The molecule has 0 aliphatic carbocycles. The summed E-state index contributed by atoms with van der Waals surface area (Å²) in [5, 5.41) is 2.95. The van der Waals surface area contributed by atoms with Crippen molar-refractivity contribution in [3.63, 3.8) is 0 Å². The van der Waals surface area contributed by atoms with Crippen molar-refractivity contribution >= 4 is 23.7 Å². The van der Waals surface area contributed by atoms with Gasteiger partial charge in [-0.2, -0.15) is 11.8 Å². The van der Waals surface area contributed by atoms with Crippen LogP contribution in [0.4, 0.5) is 4.79 Å². The van der Waals surface area contributed by atoms with Crippen molar-refractivity contribution in [2.45, 2.75) is 37.5 Å². The summed E-state index contributed by atoms with van der Waals surface area (Å²) < 4.78 is 0. The van der Waals surface area contributed by atoms with E-state index in [2.05, 4.69) is 24.4 Å². The number of unbranched alkanes of at least 4 members (excludes halogenated alkanes) is 1. The molecule has 3 amide bonds. The van der Waals surface area contributed by atoms with Crippen LogP contribution in [0.5, 0.6) is 0 Å². The molecule has 0 spiro atoms. The second-order valence-electron chi connectivity index (χ2n) is 5.77. The highest BCUT2D eigenvalue weighted by Crippen LogP contribution is 2.36. The van der Waals surface area contributed by atoms with Gasteiger partial charge in [-0.25, -0.2) is 4.79 Å². The summed E-state index contributed by atoms with van der Waals surface area (Å²) in [6, 6.07) is 9.89. The molecular formula is C17H25N3O2S. The SMILES string of the molecule is CC1SCCN(C(=O)CCCCNC(N)=O)C1c1ccccc1. The third kappa shape index (κ3) is 5.16. The Balaban J connectivity index is 1.92. The average Bonchev–Trinajstić information content (AvgIpc) is 2.54. The molecule has 1 aromatic rings. The average molecular weight is 335 g/mol. The predicted molar refractivity (Wildman–Crippen MR) is 94.3 cm³/mol. The van der Waals surface area contributed by atoms with Crippen molar-refractivity contribution in [3.05, 3.63) is 35.9 Å². The number of carbonyl (C=O) groups excluding carboxylic acids is 2. The summed E-state index contributed by atoms with van der Waals surface area (Å²) >= 11 is 1.92. The molecule has 0 radical (unpaired) electrons. The third-order valence-electron chi connectivity index (χ3n) is 4.07. The molecule has 5 nitrogen and oxygen atoms in total. The molecule has 1 aliphatic rings. The zero-order chi connectivity index (χ0) is 16.7. The van der Waals surface area contributed by atoms with Crippen LogP contribution < -0.4 is 11.1 Å². The highest BCUT2D eigenvalue weighted by molar-refractivity contribution is 8.00. The summed E-state index contributed by atoms with van der Waals surface area (Å²) in [4.78, 5) is 25.3. The quantitative estimate of drug-likeness (QED) is 0.785. The highest BCUT2D eigenvalue weighted by atomic mass is 32.2. The lowest BCUT2D eigenvalue weighted by Gasteiger charge is -2.40. The van der Waals surface area contributed by atoms with Crippen molar-refractivity contribution < 1.29 is 9.59 Å². The van der Waals surface area contributed by atoms with Crippen LogP contribution in [0.1, 0.15) is 37.8 Å². The molecule has 2 atom stereocenters. The number of benzene rings is 1. The molecule has 1 fully saturated rings. The lowest BCUT2D eigenvalue weighted by molar-refractivity contribution is -0.133. The minimum Gasteiger partial charge on any atom is -0.352 e. The zero-order valence-corrected chi connectivity index (χ0v) is 14.3. The second-order valence-corrected chi connectivity index (χ2v) is 7.25. The van der Waals surface area contributed by atoms with Gasteiger partial charge in [-0.05, 0) is 18.4 Å². The normalized spacial score (nSPS) is 21.0. The predicted octanol–water partition coefficient (Wildman–Crippen LogP) is 2.53. The topological polar surface area (TPSA) is 75.4 Å². The van der Waals surface area contributed by atoms with Crippen molar-refractivity contribution in [1.82, 2.24) is 10.2 Å². The fourth-order valence-electron chi connectivity index (χ4n) is 2.96. The first kappa shape index (κ1) is 17.7. The number of thioether (sulfide) groups is 1. The molecule has 0 saturated carbocycles. The Morgan fingerprint density at radius 1 is 1.30 bits per heavy atom. The van der Waals surface area contributed by atoms with Gasteiger partial charge in [0.25, 0.3) is 0 Å². The van der Waals surface area contributed by atoms with Crippen LogP contribution in [0.25, 0.3) is 0 Å². The number of hydrogen-bond donors (Lipinski definition) is 2. The van der Waals surface area contributed by atoms with E-state index in [1.807, 2.05) is 34.9 Å². The Morgan fingerprint density at radius 3 is 2.74 bits per heavy atom. The zero-order valence-electron chi connectivity index (χ0n) is 13.5. The first-order chi connectivity index (χ1) is 11.1. The molecule has 2 rings (SSSR count). The summed E-state index contributed by atoms with van der Waals surface area (Å²) in [6.07, 6.45) is 2.04. The van der Waals surface area contributed by atoms with Crippen LogP contribution >= 0.6 is 11.8 Å². The Kier molecular flexibility index (Phi) is 6.77. The van der Waals surface area contributed by atoms with Gasteiger partial charge in [0, 0.05) is 30.5 Å². The molecular weight excluding hydrogens is 310 g/mol. The van der Waals surface area contributed by atoms with Crippen LogP contribution in [-0.4, -0.2) is 40.9 Å². The Morgan fingerprint density at radius 2 is 2.04 bits per heavy atom. The maximum absolute atomic E-state index is 12.6. The molecule has 1 aromatic carbocycles. The van der Waals surface area contributed by atoms with Gasteiger partial charge in [-0.1, -0.05) is 37.3 Å². The fourth-order valence-corrected chi connectivity index (χ4v) is 4.12. The van der Waals surface area contributed by atoms with E-state index in [1.165, 1.54) is 5.56 Å². The van der Waals surface area contributed by atoms with Crippen LogP contribution in [0, 0.1) is 0 Å². The van der Waals surface area contributed by atoms with E-state index < -0.39 is 6.03 Å². The lowest BCUT2D eigenvalue weighted by atomic mass is 10.0. The molecule has 1 saturated heterocycles. The summed E-state index contributed by atoms with van der Waals surface area (Å²) in [5.74, 6) is 1.18. The first-order valence-electron chi connectivity index (χ1n) is 8.09. The standard InChI is InChI=1S/C17H25N3O2S/c1-13-16(14-7-3-2-4-8-14)20(11-12-23-13)15(21)9-5-6-10-19-17(18)22/h2-4,7-8,13,16H,5-6,9-12H2,1H3,(H3,18,19,22). The number of primary amides is 1. The van der Waals surface area contributed by atoms with E-state index in [0.29, 0.717) is 18.2 Å². The molecule has 1 aliphatic heterocycles. The van der Waals surface area contributed by atoms with E-state index in [-0.39, 0.29) is 11.9 Å². The second kappa shape index (κ2) is 8.82. The van der Waals surface area contributed by atoms with Crippen molar-refractivity contribution in [2.24, 2.45) is 5.73 Å². The number of nitrogens with two attached hydrogens (primary N) is 1. The van der Waals surface area contributed by atoms with Crippen molar-refractivity contribution in [1.29, 1.82) is 0 Å². The maximum atomic E-state index is 12.6. The lowest BCUT2D eigenvalue weighted by Crippen LogP contribution is -2.43. The minimum absolute atomic E-state index is 0.145. The monoisotopic (exact) mass is 335 g/mol. The van der Waals surface area contributed by atoms with Gasteiger partial charge in [0.2, 0.25) is 5.91 Å². The van der Waals surface area contributed by atoms with Gasteiger partial charge in [0.05, 0.1) is 6.04 Å². The van der Waals surface area contributed by atoms with Crippen LogP contribution in [0.2, 0.25) is 0 Å². The number of carbonyl (C=O) groups is 2. The third-order valence-corrected chi connectivity index (χ3v) is 5.27. The van der Waals surface area contributed by atoms with E-state index >= 15 is 0 Å². The van der Waals surface area contributed by atoms with E-state index in [4.69, 9.17) is 5.73 Å². The molecule has 0 bridgehead atoms. The first-order valence-corrected chi connectivity index (χ1v) is 9.14. The molecule has 6 heteroatoms. The minimum atomic E-state index is -0.512. The molecule has 23 heavy (non-hydrogen) atoms. The Hall–Kier alpha value is -1.69. The van der Waals surface area contributed by atoms with Gasteiger partial charge in [-0.3, -0.25) is 4.79 Å². The molecule has 3 N–H and O–H groups in total. The molecule has 0 aromatic heterocycles. The number of urea groups is 1. The van der Waals surface area contributed by atoms with Gasteiger partial charge in [0.1, 0.15) is 0 Å². The van der Waals surface area contributed by atoms with Gasteiger partial charge >= 0.3 is 6.03 Å². The fraction of sp³-hybridized carbons (Fsp3) is 0.529. The largest absolute Gasteiger partial charge is 0.352 e. The van der Waals surface area contributed by atoms with Crippen molar-refractivity contribution in [3.8, 4) is 0 Å². The molecule has 1 heterocycles. The van der Waals surface area contributed by atoms with Crippen molar-refractivity contribution in [2.75, 3.05) is 18.8 Å². The number of nitrogens with one attached hydrogen (secondary N) is 1. The van der Waals surface area contributed by atoms with Crippen LogP contribution in [-0.2, 0) is 4.79 Å². The molecule has 2 unspecified atom stereocenters. The maximum Gasteiger partial charge on any atom is 0.312 e. The van der Waals surface area contributed by atoms with Crippen LogP contribution in [0.3, 0.4) is 0 Å². The van der Waals surface area contributed by atoms with E-state index in [1.54, 1.807) is 0 Å². The summed E-state index contributed by atoms with van der Waals surface area (Å²) in [6.45, 7) is 3.52. The van der Waals surface area contributed by atoms with E-state index in [9.17, 15) is 9.59 Å². The van der Waals surface area contributed by atoms with E-state index in [0.717, 1.165) is 25.1 Å². The number of amides is 3. The number of rotatable bonds is 6. The number of hydrogen-bond acceptors (Lipinski definition) is 3. The van der Waals surface area contributed by atoms with Gasteiger partial charge in [-0.15, -0.1) is 0 Å². The smallest absolute Gasteiger partial charge is 0.312 e. The van der Waals surface area contributed by atoms with Gasteiger partial charge in [0.15, 0.2) is 0 Å². The Bertz CT molecular complexity index is 524. The number of nitrogens with zero attached hydrogens (tertiary/aromatic N) is 1. The molecule has 126 valence electrons. The van der Waals surface area contributed by atoms with Gasteiger partial charge < -0.3 is 16.0 Å². The Labute approximate surface area is 142 Å².